The summed E-state index contributed by atoms with van der Waals surface area (Å²) in [6, 6.07) is 12.8. The summed E-state index contributed by atoms with van der Waals surface area (Å²) in [6.07, 6.45) is 3.45. The Morgan fingerprint density at radius 2 is 1.90 bits per heavy atom. The third-order valence-electron chi connectivity index (χ3n) is 4.86. The summed E-state index contributed by atoms with van der Waals surface area (Å²) in [5.74, 6) is 0.348. The van der Waals surface area contributed by atoms with E-state index in [0.29, 0.717) is 17.1 Å². The topological polar surface area (TPSA) is 118 Å². The number of ether oxygens (including phenoxy) is 1. The van der Waals surface area contributed by atoms with Crippen LogP contribution in [-0.2, 0) is 4.79 Å². The summed E-state index contributed by atoms with van der Waals surface area (Å²) in [6.45, 7) is 0. The zero-order valence-electron chi connectivity index (χ0n) is 17.2. The van der Waals surface area contributed by atoms with Crippen LogP contribution in [0.25, 0.3) is 11.3 Å². The van der Waals surface area contributed by atoms with Crippen molar-refractivity contribution in [3.8, 4) is 17.0 Å². The number of nitrogens with zero attached hydrogens (tertiary/aromatic N) is 3. The van der Waals surface area contributed by atoms with Crippen LogP contribution in [0.5, 0.6) is 5.75 Å². The SMILES string of the molecule is CNC(=O)c1nnc(NC(=O)C2CC2)cc1Nc1cccc(-c2ccccn2)c1OC. The molecule has 3 aromatic rings. The molecule has 9 heteroatoms. The Bertz CT molecular complexity index is 1120. The molecule has 0 radical (unpaired) electrons. The molecule has 3 N–H and O–H groups in total. The van der Waals surface area contributed by atoms with E-state index < -0.39 is 5.91 Å². The van der Waals surface area contributed by atoms with E-state index in [4.69, 9.17) is 4.74 Å². The number of carbonyl (C=O) groups is 2. The molecule has 31 heavy (non-hydrogen) atoms. The number of hydrogen-bond acceptors (Lipinski definition) is 7. The van der Waals surface area contributed by atoms with E-state index in [-0.39, 0.29) is 23.3 Å². The first kappa shape index (κ1) is 20.3. The molecule has 0 unspecified atom stereocenters. The summed E-state index contributed by atoms with van der Waals surface area (Å²) < 4.78 is 5.66. The average molecular weight is 418 g/mol. The number of methoxy groups -OCH3 is 1. The molecule has 4 rings (SSSR count). The highest BCUT2D eigenvalue weighted by Crippen LogP contribution is 2.37. The van der Waals surface area contributed by atoms with Crippen LogP contribution in [0.2, 0.25) is 0 Å². The normalized spacial score (nSPS) is 12.7. The zero-order chi connectivity index (χ0) is 21.8. The third kappa shape index (κ3) is 4.45. The molecule has 2 heterocycles. The van der Waals surface area contributed by atoms with E-state index in [0.717, 1.165) is 24.1 Å². The van der Waals surface area contributed by atoms with Gasteiger partial charge in [0.15, 0.2) is 17.3 Å². The number of pyridine rings is 1. The van der Waals surface area contributed by atoms with E-state index in [9.17, 15) is 9.59 Å². The van der Waals surface area contributed by atoms with Crippen LogP contribution in [0.3, 0.4) is 0 Å². The fourth-order valence-electron chi connectivity index (χ4n) is 3.13. The Morgan fingerprint density at radius 1 is 1.06 bits per heavy atom. The monoisotopic (exact) mass is 418 g/mol. The van der Waals surface area contributed by atoms with Crippen LogP contribution >= 0.6 is 0 Å². The predicted molar refractivity (Wildman–Crippen MR) is 116 cm³/mol. The summed E-state index contributed by atoms with van der Waals surface area (Å²) in [4.78, 5) is 28.8. The number of anilines is 3. The van der Waals surface area contributed by atoms with Gasteiger partial charge in [-0.15, -0.1) is 10.2 Å². The van der Waals surface area contributed by atoms with Crippen molar-refractivity contribution in [1.82, 2.24) is 20.5 Å². The van der Waals surface area contributed by atoms with E-state index in [1.165, 1.54) is 7.05 Å². The highest BCUT2D eigenvalue weighted by Gasteiger charge is 2.30. The van der Waals surface area contributed by atoms with Gasteiger partial charge < -0.3 is 20.7 Å². The smallest absolute Gasteiger partial charge is 0.273 e. The van der Waals surface area contributed by atoms with Gasteiger partial charge in [-0.25, -0.2) is 0 Å². The first-order valence-corrected chi connectivity index (χ1v) is 9.86. The van der Waals surface area contributed by atoms with Crippen molar-refractivity contribution < 1.29 is 14.3 Å². The van der Waals surface area contributed by atoms with Gasteiger partial charge in [0.05, 0.1) is 24.2 Å². The van der Waals surface area contributed by atoms with Crippen molar-refractivity contribution in [2.75, 3.05) is 24.8 Å². The lowest BCUT2D eigenvalue weighted by Gasteiger charge is -2.16. The van der Waals surface area contributed by atoms with Crippen LogP contribution in [0, 0.1) is 5.92 Å². The minimum atomic E-state index is -0.407. The highest BCUT2D eigenvalue weighted by atomic mass is 16.5. The average Bonchev–Trinajstić information content (AvgIpc) is 3.65. The Labute approximate surface area is 179 Å². The number of amides is 2. The molecular weight excluding hydrogens is 396 g/mol. The maximum Gasteiger partial charge on any atom is 0.273 e. The molecule has 2 amide bonds. The van der Waals surface area contributed by atoms with Crippen molar-refractivity contribution in [2.24, 2.45) is 5.92 Å². The van der Waals surface area contributed by atoms with Crippen molar-refractivity contribution in [1.29, 1.82) is 0 Å². The number of hydrogen-bond donors (Lipinski definition) is 3. The van der Waals surface area contributed by atoms with Crippen molar-refractivity contribution >= 4 is 29.0 Å². The van der Waals surface area contributed by atoms with Crippen LogP contribution in [0.1, 0.15) is 23.3 Å². The highest BCUT2D eigenvalue weighted by molar-refractivity contribution is 6.00. The van der Waals surface area contributed by atoms with Gasteiger partial charge in [-0.2, -0.15) is 0 Å². The van der Waals surface area contributed by atoms with E-state index in [2.05, 4.69) is 31.1 Å². The molecule has 0 saturated heterocycles. The first-order valence-electron chi connectivity index (χ1n) is 9.86. The number of rotatable bonds is 7. The van der Waals surface area contributed by atoms with Crippen LogP contribution in [-0.4, -0.2) is 41.2 Å². The van der Waals surface area contributed by atoms with Gasteiger partial charge in [0, 0.05) is 30.8 Å². The van der Waals surface area contributed by atoms with Crippen LogP contribution < -0.4 is 20.7 Å². The molecule has 1 aromatic carbocycles. The summed E-state index contributed by atoms with van der Waals surface area (Å²) in [5, 5.41) is 16.5. The van der Waals surface area contributed by atoms with Gasteiger partial charge in [-0.1, -0.05) is 12.1 Å². The standard InChI is InChI=1S/C22H22N6O3/c1-23-22(30)19-17(12-18(27-28-19)26-21(29)13-9-10-13)25-16-8-5-6-14(20(16)31-2)15-7-3-4-11-24-15/h3-8,11-13H,9-10H2,1-2H3,(H,23,30)(H2,25,26,27,29). The quantitative estimate of drug-likeness (QED) is 0.540. The molecule has 1 saturated carbocycles. The number of aromatic nitrogens is 3. The van der Waals surface area contributed by atoms with Gasteiger partial charge in [0.1, 0.15) is 0 Å². The molecule has 0 bridgehead atoms. The number of carbonyl (C=O) groups excluding carboxylic acids is 2. The third-order valence-corrected chi connectivity index (χ3v) is 4.86. The number of benzene rings is 1. The molecule has 0 aliphatic heterocycles. The fourth-order valence-corrected chi connectivity index (χ4v) is 3.13. The van der Waals surface area contributed by atoms with Gasteiger partial charge in [0.25, 0.3) is 5.91 Å². The Balaban J connectivity index is 1.71. The molecule has 1 aliphatic carbocycles. The Morgan fingerprint density at radius 3 is 2.58 bits per heavy atom. The first-order chi connectivity index (χ1) is 15.1. The van der Waals surface area contributed by atoms with Gasteiger partial charge in [-0.3, -0.25) is 14.6 Å². The number of para-hydroxylation sites is 1. The largest absolute Gasteiger partial charge is 0.494 e. The minimum absolute atomic E-state index is 0.0203. The fraction of sp³-hybridized carbons (Fsp3) is 0.227. The van der Waals surface area contributed by atoms with Crippen molar-refractivity contribution in [3.05, 3.63) is 54.4 Å². The summed E-state index contributed by atoms with van der Waals surface area (Å²) in [7, 11) is 3.08. The predicted octanol–water partition coefficient (Wildman–Crippen LogP) is 3.00. The van der Waals surface area contributed by atoms with Crippen LogP contribution in [0.15, 0.2) is 48.7 Å². The van der Waals surface area contributed by atoms with Gasteiger partial charge in [-0.05, 0) is 37.1 Å². The Kier molecular flexibility index (Phi) is 5.74. The molecule has 1 aliphatic rings. The van der Waals surface area contributed by atoms with Crippen LogP contribution in [0.4, 0.5) is 17.2 Å². The lowest BCUT2D eigenvalue weighted by Crippen LogP contribution is -2.22. The second-order valence-electron chi connectivity index (χ2n) is 7.06. The van der Waals surface area contributed by atoms with Gasteiger partial charge in [0.2, 0.25) is 5.91 Å². The van der Waals surface area contributed by atoms with E-state index in [1.54, 1.807) is 19.4 Å². The lowest BCUT2D eigenvalue weighted by atomic mass is 10.1. The second kappa shape index (κ2) is 8.78. The van der Waals surface area contributed by atoms with E-state index >= 15 is 0 Å². The second-order valence-corrected chi connectivity index (χ2v) is 7.06. The Hall–Kier alpha value is -4.01. The molecule has 2 aromatic heterocycles. The molecule has 1 fully saturated rings. The zero-order valence-corrected chi connectivity index (χ0v) is 17.2. The maximum atomic E-state index is 12.3. The molecular formula is C22H22N6O3. The molecule has 0 atom stereocenters. The van der Waals surface area contributed by atoms with Crippen molar-refractivity contribution in [2.45, 2.75) is 12.8 Å². The molecule has 158 valence electrons. The van der Waals surface area contributed by atoms with Crippen molar-refractivity contribution in [3.63, 3.8) is 0 Å². The van der Waals surface area contributed by atoms with Gasteiger partial charge >= 0.3 is 0 Å². The van der Waals surface area contributed by atoms with E-state index in [1.807, 2.05) is 36.4 Å². The summed E-state index contributed by atoms with van der Waals surface area (Å²) in [5.41, 5.74) is 2.64. The molecule has 0 spiro atoms. The number of nitrogens with one attached hydrogen (secondary N) is 3. The molecule has 9 nitrogen and oxygen atoms in total. The summed E-state index contributed by atoms with van der Waals surface area (Å²) >= 11 is 0. The minimum Gasteiger partial charge on any atom is -0.494 e. The lowest BCUT2D eigenvalue weighted by molar-refractivity contribution is -0.117. The maximum absolute atomic E-state index is 12.3.